The molecule has 1 rings (SSSR count). The van der Waals surface area contributed by atoms with Crippen LogP contribution < -0.4 is 16.0 Å². The number of anilines is 1. The summed E-state index contributed by atoms with van der Waals surface area (Å²) < 4.78 is 4.83. The number of benzene rings is 1. The third-order valence-corrected chi connectivity index (χ3v) is 2.85. The topological polar surface area (TPSA) is 67.6 Å². The van der Waals surface area contributed by atoms with Gasteiger partial charge in [0, 0.05) is 32.9 Å². The van der Waals surface area contributed by atoms with E-state index < -0.39 is 6.04 Å². The molecule has 0 heterocycles. The van der Waals surface area contributed by atoms with Gasteiger partial charge in [0.25, 0.3) is 0 Å². The number of methoxy groups -OCH3 is 1. The second kappa shape index (κ2) is 8.50. The number of nitrogens with one attached hydrogen (secondary N) is 1. The highest BCUT2D eigenvalue weighted by Crippen LogP contribution is 2.10. The third-order valence-electron chi connectivity index (χ3n) is 2.85. The van der Waals surface area contributed by atoms with Crippen LogP contribution in [-0.4, -0.2) is 45.8 Å². The Morgan fingerprint density at radius 2 is 2.11 bits per heavy atom. The predicted molar refractivity (Wildman–Crippen MR) is 77.2 cm³/mol. The van der Waals surface area contributed by atoms with Gasteiger partial charge < -0.3 is 20.7 Å². The molecule has 5 heteroatoms. The molecule has 0 spiro atoms. The van der Waals surface area contributed by atoms with Gasteiger partial charge in [-0.25, -0.2) is 0 Å². The number of rotatable bonds is 8. The van der Waals surface area contributed by atoms with Gasteiger partial charge in [-0.3, -0.25) is 4.79 Å². The van der Waals surface area contributed by atoms with Crippen molar-refractivity contribution < 1.29 is 9.53 Å². The SMILES string of the molecule is COCC(N)C(=O)NCCCN(C)c1ccccc1. The van der Waals surface area contributed by atoms with Crippen LogP contribution >= 0.6 is 0 Å². The number of carbonyl (C=O) groups excluding carboxylic acids is 1. The second-order valence-corrected chi connectivity index (χ2v) is 4.46. The summed E-state index contributed by atoms with van der Waals surface area (Å²) in [6.45, 7) is 1.74. The first-order valence-corrected chi connectivity index (χ1v) is 6.43. The Morgan fingerprint density at radius 1 is 1.42 bits per heavy atom. The van der Waals surface area contributed by atoms with Crippen molar-refractivity contribution in [2.24, 2.45) is 5.73 Å². The number of ether oxygens (including phenoxy) is 1. The molecule has 0 saturated heterocycles. The van der Waals surface area contributed by atoms with Crippen molar-refractivity contribution in [3.05, 3.63) is 30.3 Å². The number of amides is 1. The molecule has 0 saturated carbocycles. The standard InChI is InChI=1S/C14H23N3O2/c1-17(12-7-4-3-5-8-12)10-6-9-16-14(18)13(15)11-19-2/h3-5,7-8,13H,6,9-11,15H2,1-2H3,(H,16,18). The van der Waals surface area contributed by atoms with E-state index in [0.717, 1.165) is 13.0 Å². The normalized spacial score (nSPS) is 11.9. The molecule has 1 unspecified atom stereocenters. The number of carbonyl (C=O) groups is 1. The van der Waals surface area contributed by atoms with Crippen LogP contribution in [0.15, 0.2) is 30.3 Å². The molecule has 0 aliphatic carbocycles. The number of nitrogens with zero attached hydrogens (tertiary/aromatic N) is 1. The maximum absolute atomic E-state index is 11.5. The van der Waals surface area contributed by atoms with Crippen LogP contribution in [0.2, 0.25) is 0 Å². The first kappa shape index (κ1) is 15.5. The molecule has 0 bridgehead atoms. The maximum Gasteiger partial charge on any atom is 0.239 e. The molecule has 1 atom stereocenters. The quantitative estimate of drug-likeness (QED) is 0.676. The zero-order valence-corrected chi connectivity index (χ0v) is 11.6. The Hall–Kier alpha value is -1.59. The molecule has 19 heavy (non-hydrogen) atoms. The van der Waals surface area contributed by atoms with E-state index in [-0.39, 0.29) is 12.5 Å². The monoisotopic (exact) mass is 265 g/mol. The highest BCUT2D eigenvalue weighted by Gasteiger charge is 2.11. The van der Waals surface area contributed by atoms with E-state index >= 15 is 0 Å². The highest BCUT2D eigenvalue weighted by atomic mass is 16.5. The minimum Gasteiger partial charge on any atom is -0.383 e. The van der Waals surface area contributed by atoms with Gasteiger partial charge in [0.15, 0.2) is 0 Å². The van der Waals surface area contributed by atoms with Gasteiger partial charge in [0.2, 0.25) is 5.91 Å². The van der Waals surface area contributed by atoms with Crippen molar-refractivity contribution in [3.63, 3.8) is 0 Å². The van der Waals surface area contributed by atoms with Crippen LogP contribution in [0.5, 0.6) is 0 Å². The van der Waals surface area contributed by atoms with Crippen molar-refractivity contribution >= 4 is 11.6 Å². The first-order valence-electron chi connectivity index (χ1n) is 6.43. The fourth-order valence-electron chi connectivity index (χ4n) is 1.73. The molecular formula is C14H23N3O2. The Morgan fingerprint density at radius 3 is 2.74 bits per heavy atom. The molecule has 0 fully saturated rings. The molecule has 0 aliphatic heterocycles. The molecule has 106 valence electrons. The van der Waals surface area contributed by atoms with E-state index in [1.165, 1.54) is 12.8 Å². The molecular weight excluding hydrogens is 242 g/mol. The van der Waals surface area contributed by atoms with Crippen LogP contribution in [0.3, 0.4) is 0 Å². The van der Waals surface area contributed by atoms with Gasteiger partial charge in [-0.1, -0.05) is 18.2 Å². The lowest BCUT2D eigenvalue weighted by molar-refractivity contribution is -0.123. The third kappa shape index (κ3) is 5.72. The van der Waals surface area contributed by atoms with Crippen LogP contribution in [-0.2, 0) is 9.53 Å². The Balaban J connectivity index is 2.19. The lowest BCUT2D eigenvalue weighted by Gasteiger charge is -2.19. The van der Waals surface area contributed by atoms with Gasteiger partial charge >= 0.3 is 0 Å². The van der Waals surface area contributed by atoms with Crippen LogP contribution in [0.25, 0.3) is 0 Å². The highest BCUT2D eigenvalue weighted by molar-refractivity contribution is 5.81. The molecule has 5 nitrogen and oxygen atoms in total. The van der Waals surface area contributed by atoms with Gasteiger partial charge in [-0.05, 0) is 18.6 Å². The summed E-state index contributed by atoms with van der Waals surface area (Å²) in [6, 6.07) is 9.56. The number of para-hydroxylation sites is 1. The number of hydrogen-bond donors (Lipinski definition) is 2. The van der Waals surface area contributed by atoms with Crippen LogP contribution in [0, 0.1) is 0 Å². The number of hydrogen-bond acceptors (Lipinski definition) is 4. The predicted octanol–water partition coefficient (Wildman–Crippen LogP) is 0.603. The largest absolute Gasteiger partial charge is 0.383 e. The molecule has 1 amide bonds. The van der Waals surface area contributed by atoms with Crippen LogP contribution in [0.1, 0.15) is 6.42 Å². The summed E-state index contributed by atoms with van der Waals surface area (Å²) >= 11 is 0. The summed E-state index contributed by atoms with van der Waals surface area (Å²) in [6.07, 6.45) is 0.872. The minimum atomic E-state index is -0.586. The summed E-state index contributed by atoms with van der Waals surface area (Å²) in [5, 5.41) is 2.80. The lowest BCUT2D eigenvalue weighted by Crippen LogP contribution is -2.44. The van der Waals surface area contributed by atoms with E-state index in [2.05, 4.69) is 22.3 Å². The van der Waals surface area contributed by atoms with Gasteiger partial charge in [-0.15, -0.1) is 0 Å². The average molecular weight is 265 g/mol. The first-order chi connectivity index (χ1) is 9.15. The smallest absolute Gasteiger partial charge is 0.239 e. The van der Waals surface area contributed by atoms with Gasteiger partial charge in [0.1, 0.15) is 6.04 Å². The average Bonchev–Trinajstić information content (AvgIpc) is 2.44. The van der Waals surface area contributed by atoms with E-state index in [9.17, 15) is 4.79 Å². The van der Waals surface area contributed by atoms with Gasteiger partial charge in [-0.2, -0.15) is 0 Å². The summed E-state index contributed by atoms with van der Waals surface area (Å²) in [5.74, 6) is -0.163. The van der Waals surface area contributed by atoms with Gasteiger partial charge in [0.05, 0.1) is 6.61 Å². The van der Waals surface area contributed by atoms with Crippen molar-refractivity contribution in [1.29, 1.82) is 0 Å². The van der Waals surface area contributed by atoms with Crippen molar-refractivity contribution in [1.82, 2.24) is 5.32 Å². The lowest BCUT2D eigenvalue weighted by atomic mass is 10.2. The van der Waals surface area contributed by atoms with Crippen molar-refractivity contribution in [2.75, 3.05) is 38.8 Å². The Kier molecular flexibility index (Phi) is 6.92. The molecule has 3 N–H and O–H groups in total. The summed E-state index contributed by atoms with van der Waals surface area (Å²) in [7, 11) is 3.57. The molecule has 1 aromatic rings. The molecule has 0 radical (unpaired) electrons. The van der Waals surface area contributed by atoms with E-state index in [1.54, 1.807) is 0 Å². The summed E-state index contributed by atoms with van der Waals surface area (Å²) in [4.78, 5) is 13.7. The Labute approximate surface area is 114 Å². The van der Waals surface area contributed by atoms with Crippen molar-refractivity contribution in [2.45, 2.75) is 12.5 Å². The molecule has 0 aliphatic rings. The Bertz CT molecular complexity index is 370. The molecule has 1 aromatic carbocycles. The van der Waals surface area contributed by atoms with E-state index in [1.807, 2.05) is 25.2 Å². The van der Waals surface area contributed by atoms with Crippen LogP contribution in [0.4, 0.5) is 5.69 Å². The maximum atomic E-state index is 11.5. The zero-order valence-electron chi connectivity index (χ0n) is 11.6. The minimum absolute atomic E-state index is 0.163. The summed E-state index contributed by atoms with van der Waals surface area (Å²) in [5.41, 5.74) is 6.78. The zero-order chi connectivity index (χ0) is 14.1. The fourth-order valence-corrected chi connectivity index (χ4v) is 1.73. The molecule has 0 aromatic heterocycles. The number of nitrogens with two attached hydrogens (primary N) is 1. The fraction of sp³-hybridized carbons (Fsp3) is 0.500. The van der Waals surface area contributed by atoms with Crippen molar-refractivity contribution in [3.8, 4) is 0 Å². The van der Waals surface area contributed by atoms with E-state index in [4.69, 9.17) is 10.5 Å². The van der Waals surface area contributed by atoms with E-state index in [0.29, 0.717) is 6.54 Å². The second-order valence-electron chi connectivity index (χ2n) is 4.46.